The minimum absolute atomic E-state index is 0.196. The van der Waals surface area contributed by atoms with Gasteiger partial charge in [0.2, 0.25) is 0 Å². The fraction of sp³-hybridized carbons (Fsp3) is 0.368. The smallest absolute Gasteiger partial charge is 0.319 e. The largest absolute Gasteiger partial charge is 0.338 e. The predicted octanol–water partition coefficient (Wildman–Crippen LogP) is 5.06. The minimum atomic E-state index is -0.288. The number of carbonyl (C=O) groups is 2. The lowest BCUT2D eigenvalue weighted by molar-refractivity contribution is 0.102. The molecule has 3 N–H and O–H groups in total. The van der Waals surface area contributed by atoms with E-state index in [9.17, 15) is 9.59 Å². The van der Waals surface area contributed by atoms with Crippen LogP contribution in [0.25, 0.3) is 0 Å². The Hall–Kier alpha value is -2.05. The molecule has 1 aliphatic rings. The summed E-state index contributed by atoms with van der Waals surface area (Å²) in [4.78, 5) is 26.2. The molecule has 138 valence electrons. The highest BCUT2D eigenvalue weighted by Crippen LogP contribution is 2.38. The Morgan fingerprint density at radius 1 is 1.08 bits per heavy atom. The lowest BCUT2D eigenvalue weighted by Crippen LogP contribution is -2.29. The normalized spacial score (nSPS) is 13.5. The summed E-state index contributed by atoms with van der Waals surface area (Å²) in [6, 6.07) is 6.72. The number of hydrogen-bond donors (Lipinski definition) is 3. The van der Waals surface area contributed by atoms with E-state index in [0.29, 0.717) is 27.8 Å². The first kappa shape index (κ1) is 18.7. The fourth-order valence-corrected chi connectivity index (χ4v) is 4.51. The minimum Gasteiger partial charge on any atom is -0.338 e. The number of amides is 3. The second-order valence-corrected chi connectivity index (χ2v) is 7.76. The van der Waals surface area contributed by atoms with Crippen LogP contribution >= 0.6 is 22.9 Å². The second-order valence-electron chi connectivity index (χ2n) is 6.21. The van der Waals surface area contributed by atoms with E-state index < -0.39 is 0 Å². The number of benzene rings is 1. The number of rotatable bonds is 4. The summed E-state index contributed by atoms with van der Waals surface area (Å²) >= 11 is 7.42. The van der Waals surface area contributed by atoms with Gasteiger partial charge in [-0.25, -0.2) is 4.79 Å². The molecule has 3 amide bonds. The van der Waals surface area contributed by atoms with Crippen molar-refractivity contribution >= 4 is 45.6 Å². The summed E-state index contributed by atoms with van der Waals surface area (Å²) in [5.41, 5.74) is 2.34. The van der Waals surface area contributed by atoms with Crippen LogP contribution in [0.3, 0.4) is 0 Å². The number of fused-ring (bicyclic) bond motifs is 1. The Morgan fingerprint density at radius 2 is 1.81 bits per heavy atom. The van der Waals surface area contributed by atoms with Crippen molar-refractivity contribution in [1.82, 2.24) is 5.32 Å². The van der Waals surface area contributed by atoms with Crippen molar-refractivity contribution in [3.63, 3.8) is 0 Å². The Balaban J connectivity index is 1.91. The molecule has 0 aliphatic heterocycles. The van der Waals surface area contributed by atoms with Crippen molar-refractivity contribution in [2.45, 2.75) is 39.0 Å². The Labute approximate surface area is 162 Å². The first-order valence-electron chi connectivity index (χ1n) is 8.84. The number of hydrogen-bond acceptors (Lipinski definition) is 3. The van der Waals surface area contributed by atoms with Gasteiger partial charge in [-0.05, 0) is 62.4 Å². The van der Waals surface area contributed by atoms with E-state index >= 15 is 0 Å². The highest BCUT2D eigenvalue weighted by molar-refractivity contribution is 7.17. The van der Waals surface area contributed by atoms with E-state index in [4.69, 9.17) is 11.6 Å². The molecule has 1 aromatic heterocycles. The Morgan fingerprint density at radius 3 is 2.54 bits per heavy atom. The van der Waals surface area contributed by atoms with Crippen molar-refractivity contribution in [3.8, 4) is 0 Å². The van der Waals surface area contributed by atoms with Crippen LogP contribution in [0.4, 0.5) is 15.5 Å². The molecule has 0 fully saturated rings. The van der Waals surface area contributed by atoms with Crippen LogP contribution in [0.2, 0.25) is 5.02 Å². The van der Waals surface area contributed by atoms with Crippen molar-refractivity contribution in [3.05, 3.63) is 45.3 Å². The molecular formula is C19H22ClN3O2S. The maximum atomic E-state index is 13.0. The fourth-order valence-electron chi connectivity index (χ4n) is 3.11. The second kappa shape index (κ2) is 8.56. The van der Waals surface area contributed by atoms with Crippen molar-refractivity contribution in [1.29, 1.82) is 0 Å². The number of anilines is 2. The van der Waals surface area contributed by atoms with Crippen molar-refractivity contribution in [2.75, 3.05) is 17.2 Å². The molecule has 0 spiro atoms. The van der Waals surface area contributed by atoms with Gasteiger partial charge in [-0.1, -0.05) is 18.0 Å². The van der Waals surface area contributed by atoms with Gasteiger partial charge in [-0.3, -0.25) is 10.1 Å². The maximum Gasteiger partial charge on any atom is 0.319 e. The molecule has 1 heterocycles. The van der Waals surface area contributed by atoms with Gasteiger partial charge in [-0.15, -0.1) is 11.3 Å². The molecule has 0 saturated carbocycles. The molecule has 7 heteroatoms. The summed E-state index contributed by atoms with van der Waals surface area (Å²) < 4.78 is 0. The quantitative estimate of drug-likeness (QED) is 0.637. The van der Waals surface area contributed by atoms with Gasteiger partial charge >= 0.3 is 6.03 Å². The standard InChI is InChI=1S/C19H22ClN3O2S/c1-2-21-19(25)23-18-16(14-6-4-3-5-7-15(14)26-18)17(24)22-13-10-8-12(20)9-11-13/h8-11H,2-7H2,1H3,(H,22,24)(H2,21,23,25). The van der Waals surface area contributed by atoms with Crippen LogP contribution in [0.1, 0.15) is 47.0 Å². The number of carbonyl (C=O) groups excluding carboxylic acids is 2. The van der Waals surface area contributed by atoms with E-state index in [-0.39, 0.29) is 11.9 Å². The number of aryl methyl sites for hydroxylation is 1. The Kier molecular flexibility index (Phi) is 6.16. The number of halogens is 1. The monoisotopic (exact) mass is 391 g/mol. The molecule has 3 rings (SSSR count). The van der Waals surface area contributed by atoms with Crippen molar-refractivity contribution in [2.24, 2.45) is 0 Å². The molecular weight excluding hydrogens is 370 g/mol. The summed E-state index contributed by atoms with van der Waals surface area (Å²) in [7, 11) is 0. The molecule has 0 bridgehead atoms. The number of nitrogens with one attached hydrogen (secondary N) is 3. The lowest BCUT2D eigenvalue weighted by Gasteiger charge is -2.10. The first-order chi connectivity index (χ1) is 12.6. The zero-order valence-corrected chi connectivity index (χ0v) is 16.2. The highest BCUT2D eigenvalue weighted by atomic mass is 35.5. The van der Waals surface area contributed by atoms with Gasteiger partial charge in [-0.2, -0.15) is 0 Å². The summed E-state index contributed by atoms with van der Waals surface area (Å²) in [6.07, 6.45) is 5.17. The molecule has 26 heavy (non-hydrogen) atoms. The van der Waals surface area contributed by atoms with Crippen LogP contribution < -0.4 is 16.0 Å². The van der Waals surface area contributed by atoms with E-state index in [1.165, 1.54) is 22.6 Å². The zero-order chi connectivity index (χ0) is 18.5. The Bertz CT molecular complexity index is 802. The van der Waals surface area contributed by atoms with Gasteiger partial charge in [0.15, 0.2) is 0 Å². The third-order valence-corrected chi connectivity index (χ3v) is 5.77. The maximum absolute atomic E-state index is 13.0. The third kappa shape index (κ3) is 4.37. The highest BCUT2D eigenvalue weighted by Gasteiger charge is 2.25. The molecule has 2 aromatic rings. The third-order valence-electron chi connectivity index (χ3n) is 4.31. The molecule has 0 saturated heterocycles. The van der Waals surface area contributed by atoms with Crippen LogP contribution in [0.5, 0.6) is 0 Å². The molecule has 5 nitrogen and oxygen atoms in total. The topological polar surface area (TPSA) is 70.2 Å². The van der Waals surface area contributed by atoms with Gasteiger partial charge in [0.25, 0.3) is 5.91 Å². The SMILES string of the molecule is CCNC(=O)Nc1sc2c(c1C(=O)Nc1ccc(Cl)cc1)CCCCC2. The average molecular weight is 392 g/mol. The lowest BCUT2D eigenvalue weighted by atomic mass is 10.0. The van der Waals surface area contributed by atoms with Gasteiger partial charge in [0.1, 0.15) is 5.00 Å². The first-order valence-corrected chi connectivity index (χ1v) is 10.0. The predicted molar refractivity (Wildman–Crippen MR) is 108 cm³/mol. The van der Waals surface area contributed by atoms with Crippen LogP contribution in [-0.4, -0.2) is 18.5 Å². The van der Waals surface area contributed by atoms with Gasteiger partial charge in [0, 0.05) is 22.1 Å². The van der Waals surface area contributed by atoms with Gasteiger partial charge < -0.3 is 10.6 Å². The summed E-state index contributed by atoms with van der Waals surface area (Å²) in [6.45, 7) is 2.39. The number of thiophene rings is 1. The zero-order valence-electron chi connectivity index (χ0n) is 14.7. The van der Waals surface area contributed by atoms with E-state index in [1.807, 2.05) is 6.92 Å². The molecule has 1 aliphatic carbocycles. The van der Waals surface area contributed by atoms with Crippen LogP contribution in [0, 0.1) is 0 Å². The molecule has 0 atom stereocenters. The van der Waals surface area contributed by atoms with Gasteiger partial charge in [0.05, 0.1) is 5.56 Å². The van der Waals surface area contributed by atoms with E-state index in [0.717, 1.165) is 31.2 Å². The molecule has 0 radical (unpaired) electrons. The van der Waals surface area contributed by atoms with E-state index in [1.54, 1.807) is 24.3 Å². The average Bonchev–Trinajstić information content (AvgIpc) is 2.78. The summed E-state index contributed by atoms with van der Waals surface area (Å²) in [5, 5.41) is 9.73. The van der Waals surface area contributed by atoms with Crippen LogP contribution in [0.15, 0.2) is 24.3 Å². The van der Waals surface area contributed by atoms with Crippen molar-refractivity contribution < 1.29 is 9.59 Å². The molecule has 1 aromatic carbocycles. The number of urea groups is 1. The van der Waals surface area contributed by atoms with Crippen LogP contribution in [-0.2, 0) is 12.8 Å². The summed E-state index contributed by atoms with van der Waals surface area (Å²) in [5.74, 6) is -0.196. The molecule has 0 unspecified atom stereocenters. The van der Waals surface area contributed by atoms with E-state index in [2.05, 4.69) is 16.0 Å².